The molecule has 3 rings (SSSR count). The average Bonchev–Trinajstić information content (AvgIpc) is 2.57. The molecule has 0 aromatic heterocycles. The highest BCUT2D eigenvalue weighted by atomic mass is 35.5. The van der Waals surface area contributed by atoms with E-state index < -0.39 is 5.97 Å². The van der Waals surface area contributed by atoms with Crippen molar-refractivity contribution in [3.8, 4) is 0 Å². The Morgan fingerprint density at radius 1 is 1.05 bits per heavy atom. The summed E-state index contributed by atoms with van der Waals surface area (Å²) in [7, 11) is 0. The van der Waals surface area contributed by atoms with Gasteiger partial charge in [0.2, 0.25) is 0 Å². The first-order valence-corrected chi connectivity index (χ1v) is 6.84. The van der Waals surface area contributed by atoms with Crippen LogP contribution in [-0.4, -0.2) is 11.1 Å². The number of hydrogen-bond donors (Lipinski definition) is 1. The van der Waals surface area contributed by atoms with Gasteiger partial charge in [-0.05, 0) is 52.8 Å². The summed E-state index contributed by atoms with van der Waals surface area (Å²) in [6.45, 7) is 0. The smallest absolute Gasteiger partial charge is 0.328 e. The molecule has 2 nitrogen and oxygen atoms in total. The second-order valence-electron chi connectivity index (χ2n) is 4.85. The van der Waals surface area contributed by atoms with Crippen molar-refractivity contribution in [2.45, 2.75) is 12.8 Å². The molecule has 0 saturated heterocycles. The van der Waals surface area contributed by atoms with Crippen LogP contribution in [0, 0.1) is 0 Å². The topological polar surface area (TPSA) is 37.3 Å². The van der Waals surface area contributed by atoms with Crippen molar-refractivity contribution in [2.24, 2.45) is 0 Å². The molecule has 1 aliphatic carbocycles. The highest BCUT2D eigenvalue weighted by molar-refractivity contribution is 6.30. The molecule has 0 saturated carbocycles. The lowest BCUT2D eigenvalue weighted by Gasteiger charge is -2.11. The Morgan fingerprint density at radius 3 is 2.50 bits per heavy atom. The van der Waals surface area contributed by atoms with Crippen LogP contribution in [0.5, 0.6) is 0 Å². The minimum absolute atomic E-state index is 0.624. The van der Waals surface area contributed by atoms with Crippen molar-refractivity contribution >= 4 is 23.1 Å². The number of benzene rings is 2. The molecule has 1 N–H and O–H groups in total. The molecule has 1 aliphatic rings. The summed E-state index contributed by atoms with van der Waals surface area (Å²) in [5.41, 5.74) is 4.95. The SMILES string of the molecule is O=C(O)/C=C1\c2ccccc2CCc2ccc(Cl)cc21. The molecule has 100 valence electrons. The largest absolute Gasteiger partial charge is 0.478 e. The normalized spacial score (nSPS) is 15.3. The zero-order chi connectivity index (χ0) is 14.1. The Kier molecular flexibility index (Phi) is 3.33. The zero-order valence-corrected chi connectivity index (χ0v) is 11.5. The van der Waals surface area contributed by atoms with Crippen molar-refractivity contribution in [1.82, 2.24) is 0 Å². The van der Waals surface area contributed by atoms with Gasteiger partial charge in [-0.2, -0.15) is 0 Å². The highest BCUT2D eigenvalue weighted by Crippen LogP contribution is 2.34. The number of halogens is 1. The van der Waals surface area contributed by atoms with E-state index in [9.17, 15) is 4.79 Å². The lowest BCUT2D eigenvalue weighted by atomic mass is 9.94. The molecule has 0 heterocycles. The van der Waals surface area contributed by atoms with E-state index in [0.29, 0.717) is 5.02 Å². The summed E-state index contributed by atoms with van der Waals surface area (Å²) < 4.78 is 0. The van der Waals surface area contributed by atoms with E-state index in [0.717, 1.165) is 35.1 Å². The number of aliphatic carboxylic acids is 1. The fourth-order valence-corrected chi connectivity index (χ4v) is 2.88. The molecule has 20 heavy (non-hydrogen) atoms. The van der Waals surface area contributed by atoms with Gasteiger partial charge in [0.25, 0.3) is 0 Å². The zero-order valence-electron chi connectivity index (χ0n) is 10.8. The van der Waals surface area contributed by atoms with Gasteiger partial charge in [-0.25, -0.2) is 4.79 Å². The van der Waals surface area contributed by atoms with Crippen LogP contribution in [-0.2, 0) is 17.6 Å². The molecule has 0 radical (unpaired) electrons. The number of carboxylic acid groups (broad SMARTS) is 1. The van der Waals surface area contributed by atoms with Crippen LogP contribution >= 0.6 is 11.6 Å². The molecule has 3 heteroatoms. The fraction of sp³-hybridized carbons (Fsp3) is 0.118. The monoisotopic (exact) mass is 284 g/mol. The predicted octanol–water partition coefficient (Wildman–Crippen LogP) is 3.95. The molecule has 2 aromatic carbocycles. The summed E-state index contributed by atoms with van der Waals surface area (Å²) >= 11 is 6.08. The van der Waals surface area contributed by atoms with E-state index in [1.54, 1.807) is 0 Å². The van der Waals surface area contributed by atoms with Crippen molar-refractivity contribution < 1.29 is 9.90 Å². The highest BCUT2D eigenvalue weighted by Gasteiger charge is 2.18. The third-order valence-electron chi connectivity index (χ3n) is 3.60. The fourth-order valence-electron chi connectivity index (χ4n) is 2.71. The van der Waals surface area contributed by atoms with E-state index in [-0.39, 0.29) is 0 Å². The Bertz CT molecular complexity index is 717. The third-order valence-corrected chi connectivity index (χ3v) is 3.84. The van der Waals surface area contributed by atoms with Gasteiger partial charge in [-0.1, -0.05) is 41.9 Å². The van der Waals surface area contributed by atoms with E-state index in [1.807, 2.05) is 36.4 Å². The molecular weight excluding hydrogens is 272 g/mol. The first-order valence-electron chi connectivity index (χ1n) is 6.47. The van der Waals surface area contributed by atoms with Crippen LogP contribution in [0.3, 0.4) is 0 Å². The molecule has 0 atom stereocenters. The first kappa shape index (κ1) is 12.9. The quantitative estimate of drug-likeness (QED) is 0.805. The molecule has 0 amide bonds. The molecule has 2 aromatic rings. The molecule has 0 aliphatic heterocycles. The molecule has 0 bridgehead atoms. The minimum atomic E-state index is -0.942. The predicted molar refractivity (Wildman–Crippen MR) is 80.0 cm³/mol. The maximum absolute atomic E-state index is 11.2. The van der Waals surface area contributed by atoms with Crippen LogP contribution in [0.15, 0.2) is 48.5 Å². The number of rotatable bonds is 1. The standard InChI is InChI=1S/C17H13ClO2/c18-13-8-7-12-6-5-11-3-1-2-4-14(11)16(10-17(19)20)15(12)9-13/h1-4,7-10H,5-6H2,(H,19,20)/b16-10+. The molecular formula is C17H13ClO2. The van der Waals surface area contributed by atoms with Crippen LogP contribution in [0.4, 0.5) is 0 Å². The summed E-state index contributed by atoms with van der Waals surface area (Å²) in [6, 6.07) is 13.6. The minimum Gasteiger partial charge on any atom is -0.478 e. The van der Waals surface area contributed by atoms with Crippen molar-refractivity contribution in [3.05, 3.63) is 75.8 Å². The molecule has 0 spiro atoms. The van der Waals surface area contributed by atoms with Gasteiger partial charge in [-0.3, -0.25) is 0 Å². The van der Waals surface area contributed by atoms with Crippen LogP contribution in [0.25, 0.3) is 5.57 Å². The Hall–Kier alpha value is -2.06. The van der Waals surface area contributed by atoms with Crippen LogP contribution in [0.2, 0.25) is 5.02 Å². The van der Waals surface area contributed by atoms with E-state index in [4.69, 9.17) is 16.7 Å². The Balaban J connectivity index is 2.30. The maximum atomic E-state index is 11.2. The Morgan fingerprint density at radius 2 is 1.75 bits per heavy atom. The summed E-state index contributed by atoms with van der Waals surface area (Å²) in [4.78, 5) is 11.2. The van der Waals surface area contributed by atoms with Gasteiger partial charge in [0.15, 0.2) is 0 Å². The number of hydrogen-bond acceptors (Lipinski definition) is 1. The van der Waals surface area contributed by atoms with Gasteiger partial charge in [-0.15, -0.1) is 0 Å². The van der Waals surface area contributed by atoms with E-state index in [2.05, 4.69) is 6.07 Å². The Labute approximate surface area is 122 Å². The summed E-state index contributed by atoms with van der Waals surface area (Å²) in [6.07, 6.45) is 3.07. The van der Waals surface area contributed by atoms with Gasteiger partial charge in [0, 0.05) is 11.1 Å². The van der Waals surface area contributed by atoms with Crippen molar-refractivity contribution in [1.29, 1.82) is 0 Å². The second kappa shape index (κ2) is 5.14. The number of carbonyl (C=O) groups is 1. The third kappa shape index (κ3) is 2.35. The van der Waals surface area contributed by atoms with Gasteiger partial charge in [0.05, 0.1) is 0 Å². The van der Waals surface area contributed by atoms with Crippen LogP contribution in [0.1, 0.15) is 22.3 Å². The van der Waals surface area contributed by atoms with Crippen molar-refractivity contribution in [3.63, 3.8) is 0 Å². The van der Waals surface area contributed by atoms with E-state index in [1.165, 1.54) is 11.6 Å². The number of carboxylic acids is 1. The molecule has 0 fully saturated rings. The molecule has 0 unspecified atom stereocenters. The summed E-state index contributed by atoms with van der Waals surface area (Å²) in [5.74, 6) is -0.942. The first-order chi connectivity index (χ1) is 9.65. The maximum Gasteiger partial charge on any atom is 0.328 e. The lowest BCUT2D eigenvalue weighted by Crippen LogP contribution is -1.97. The number of aryl methyl sites for hydroxylation is 2. The van der Waals surface area contributed by atoms with Gasteiger partial charge in [0.1, 0.15) is 0 Å². The summed E-state index contributed by atoms with van der Waals surface area (Å²) in [5, 5.41) is 9.79. The van der Waals surface area contributed by atoms with Gasteiger partial charge < -0.3 is 5.11 Å². The van der Waals surface area contributed by atoms with Gasteiger partial charge >= 0.3 is 5.97 Å². The average molecular weight is 285 g/mol. The second-order valence-corrected chi connectivity index (χ2v) is 5.29. The lowest BCUT2D eigenvalue weighted by molar-refractivity contribution is -0.131. The van der Waals surface area contributed by atoms with E-state index >= 15 is 0 Å². The van der Waals surface area contributed by atoms with Crippen molar-refractivity contribution in [2.75, 3.05) is 0 Å². The number of fused-ring (bicyclic) bond motifs is 2. The van der Waals surface area contributed by atoms with Crippen LogP contribution < -0.4 is 0 Å².